The van der Waals surface area contributed by atoms with E-state index in [2.05, 4.69) is 57.8 Å². The zero-order chi connectivity index (χ0) is 27.7. The summed E-state index contributed by atoms with van der Waals surface area (Å²) in [5.41, 5.74) is 1.16. The molecule has 0 atom stereocenters. The van der Waals surface area contributed by atoms with Gasteiger partial charge in [0.1, 0.15) is 5.75 Å². The second-order valence-electron chi connectivity index (χ2n) is 12.3. The molecule has 1 aromatic carbocycles. The van der Waals surface area contributed by atoms with Gasteiger partial charge in [-0.3, -0.25) is 4.79 Å². The van der Waals surface area contributed by atoms with Crippen LogP contribution in [0.1, 0.15) is 91.0 Å². The van der Waals surface area contributed by atoms with Crippen molar-refractivity contribution in [2.24, 2.45) is 0 Å². The Hall–Kier alpha value is -1.37. The largest absolute Gasteiger partial charge is 0.494 e. The van der Waals surface area contributed by atoms with Crippen LogP contribution in [0.3, 0.4) is 0 Å². The fraction of sp³-hybridized carbons (Fsp3) is 0.774. The molecule has 0 aliphatic heterocycles. The first kappa shape index (κ1) is 33.7. The quantitative estimate of drug-likeness (QED) is 0.128. The third kappa shape index (κ3) is 15.0. The van der Waals surface area contributed by atoms with Crippen LogP contribution in [0.5, 0.6) is 5.75 Å². The monoisotopic (exact) mass is 534 g/mol. The first-order chi connectivity index (χ1) is 17.5. The predicted molar refractivity (Wildman–Crippen MR) is 161 cm³/mol. The molecule has 1 amide bonds. The summed E-state index contributed by atoms with van der Waals surface area (Å²) >= 11 is 0. The highest BCUT2D eigenvalue weighted by Gasteiger charge is 2.37. The summed E-state index contributed by atoms with van der Waals surface area (Å²) in [5.74, 6) is 1.12. The normalized spacial score (nSPS) is 12.2. The van der Waals surface area contributed by atoms with Crippen molar-refractivity contribution in [1.29, 1.82) is 0 Å². The fourth-order valence-corrected chi connectivity index (χ4v) is 4.97. The molecule has 0 spiro atoms. The Morgan fingerprint density at radius 3 is 2.16 bits per heavy atom. The van der Waals surface area contributed by atoms with E-state index in [9.17, 15) is 4.79 Å². The van der Waals surface area contributed by atoms with E-state index < -0.39 is 8.32 Å². The number of hydrogen-bond donors (Lipinski definition) is 0. The van der Waals surface area contributed by atoms with Crippen LogP contribution in [0.4, 0.5) is 0 Å². The molecule has 0 radical (unpaired) electrons. The van der Waals surface area contributed by atoms with Crippen molar-refractivity contribution in [3.05, 3.63) is 29.8 Å². The lowest BCUT2D eigenvalue weighted by molar-refractivity contribution is -0.131. The highest BCUT2D eigenvalue weighted by molar-refractivity contribution is 6.74. The van der Waals surface area contributed by atoms with Crippen molar-refractivity contribution in [2.45, 2.75) is 110 Å². The molecule has 1 aromatic rings. The van der Waals surface area contributed by atoms with Crippen LogP contribution >= 0.6 is 0 Å². The van der Waals surface area contributed by atoms with E-state index in [1.165, 1.54) is 44.9 Å². The van der Waals surface area contributed by atoms with Gasteiger partial charge in [-0.2, -0.15) is 0 Å². The third-order valence-electron chi connectivity index (χ3n) is 7.59. The summed E-state index contributed by atoms with van der Waals surface area (Å²) in [6.45, 7) is 17.2. The van der Waals surface area contributed by atoms with E-state index in [-0.39, 0.29) is 10.9 Å². The number of rotatable bonds is 20. The van der Waals surface area contributed by atoms with Crippen LogP contribution in [0.15, 0.2) is 24.3 Å². The first-order valence-electron chi connectivity index (χ1n) is 14.7. The van der Waals surface area contributed by atoms with Gasteiger partial charge in [0.05, 0.1) is 13.2 Å². The van der Waals surface area contributed by atoms with Crippen molar-refractivity contribution < 1.29 is 14.0 Å². The van der Waals surface area contributed by atoms with E-state index in [4.69, 9.17) is 9.16 Å². The SMILES string of the molecule is CCCCCCCCCCOc1cccc(CCC(=O)N(CCO[Si](C)(C)C(C)(C)C)CCN(C)C)c1. The molecule has 0 fully saturated rings. The third-order valence-corrected chi connectivity index (χ3v) is 12.1. The maximum Gasteiger partial charge on any atom is 0.223 e. The van der Waals surface area contributed by atoms with Crippen molar-refractivity contribution in [1.82, 2.24) is 9.80 Å². The number of unbranched alkanes of at least 4 members (excludes halogenated alkanes) is 7. The molecule has 37 heavy (non-hydrogen) atoms. The molecule has 1 rings (SSSR count). The molecule has 214 valence electrons. The van der Waals surface area contributed by atoms with Crippen molar-refractivity contribution in [2.75, 3.05) is 46.9 Å². The smallest absolute Gasteiger partial charge is 0.223 e. The average Bonchev–Trinajstić information content (AvgIpc) is 2.83. The van der Waals surface area contributed by atoms with Gasteiger partial charge in [0.25, 0.3) is 0 Å². The Morgan fingerprint density at radius 1 is 0.892 bits per heavy atom. The number of likely N-dealkylation sites (N-methyl/N-ethyl adjacent to an activating group) is 1. The van der Waals surface area contributed by atoms with E-state index >= 15 is 0 Å². The second-order valence-corrected chi connectivity index (χ2v) is 17.1. The van der Waals surface area contributed by atoms with Gasteiger partial charge in [0.2, 0.25) is 5.91 Å². The summed E-state index contributed by atoms with van der Waals surface area (Å²) < 4.78 is 12.4. The lowest BCUT2D eigenvalue weighted by Crippen LogP contribution is -2.44. The van der Waals surface area contributed by atoms with E-state index in [0.717, 1.165) is 43.9 Å². The summed E-state index contributed by atoms with van der Waals surface area (Å²) in [4.78, 5) is 17.3. The lowest BCUT2D eigenvalue weighted by Gasteiger charge is -2.37. The average molecular weight is 535 g/mol. The van der Waals surface area contributed by atoms with Gasteiger partial charge < -0.3 is 19.0 Å². The first-order valence-corrected chi connectivity index (χ1v) is 17.7. The van der Waals surface area contributed by atoms with Crippen LogP contribution < -0.4 is 4.74 Å². The molecule has 5 nitrogen and oxygen atoms in total. The zero-order valence-corrected chi connectivity index (χ0v) is 26.5. The van der Waals surface area contributed by atoms with Crippen molar-refractivity contribution in [3.8, 4) is 5.75 Å². The minimum absolute atomic E-state index is 0.173. The minimum atomic E-state index is -1.82. The topological polar surface area (TPSA) is 42.0 Å². The molecule has 0 saturated heterocycles. The standard InChI is InChI=1S/C31H58N2O3Si/c1-9-10-11-12-13-14-15-16-25-35-29-19-17-18-28(27-29)20-21-30(34)33(23-22-32(5)6)24-26-36-37(7,8)31(2,3)4/h17-19,27H,9-16,20-26H2,1-8H3. The van der Waals surface area contributed by atoms with Gasteiger partial charge >= 0.3 is 0 Å². The highest BCUT2D eigenvalue weighted by atomic mass is 28.4. The second kappa shape index (κ2) is 18.0. The number of ether oxygens (including phenoxy) is 1. The molecule has 0 N–H and O–H groups in total. The molecule has 6 heteroatoms. The van der Waals surface area contributed by atoms with Gasteiger partial charge in [-0.25, -0.2) is 0 Å². The maximum absolute atomic E-state index is 13.2. The zero-order valence-electron chi connectivity index (χ0n) is 25.5. The Morgan fingerprint density at radius 2 is 1.54 bits per heavy atom. The lowest BCUT2D eigenvalue weighted by atomic mass is 10.1. The van der Waals surface area contributed by atoms with E-state index in [0.29, 0.717) is 19.6 Å². The van der Waals surface area contributed by atoms with Crippen LogP contribution in [0.25, 0.3) is 0 Å². The number of amides is 1. The predicted octanol–water partition coefficient (Wildman–Crippen LogP) is 7.55. The van der Waals surface area contributed by atoms with Crippen LogP contribution in [0, 0.1) is 0 Å². The van der Waals surface area contributed by atoms with Crippen LogP contribution in [0.2, 0.25) is 18.1 Å². The summed E-state index contributed by atoms with van der Waals surface area (Å²) in [7, 11) is 2.28. The van der Waals surface area contributed by atoms with Gasteiger partial charge in [-0.1, -0.05) is 84.8 Å². The number of benzene rings is 1. The summed E-state index contributed by atoms with van der Waals surface area (Å²) in [5, 5.41) is 0.173. The summed E-state index contributed by atoms with van der Waals surface area (Å²) in [6, 6.07) is 8.27. The number of aryl methyl sites for hydroxylation is 1. The van der Waals surface area contributed by atoms with Crippen LogP contribution in [-0.2, 0) is 15.6 Å². The Balaban J connectivity index is 2.48. The van der Waals surface area contributed by atoms with E-state index in [1.807, 2.05) is 31.1 Å². The summed E-state index contributed by atoms with van der Waals surface area (Å²) in [6.07, 6.45) is 11.7. The fourth-order valence-electron chi connectivity index (χ4n) is 3.94. The van der Waals surface area contributed by atoms with Gasteiger partial charge in [0.15, 0.2) is 8.32 Å². The molecule has 0 aromatic heterocycles. The molecular weight excluding hydrogens is 476 g/mol. The van der Waals surface area contributed by atoms with Gasteiger partial charge in [0, 0.05) is 26.1 Å². The Bertz CT molecular complexity index is 746. The number of nitrogens with zero attached hydrogens (tertiary/aromatic N) is 2. The van der Waals surface area contributed by atoms with Gasteiger partial charge in [-0.15, -0.1) is 0 Å². The number of carbonyl (C=O) groups excluding carboxylic acids is 1. The number of hydrogen-bond acceptors (Lipinski definition) is 4. The van der Waals surface area contributed by atoms with E-state index in [1.54, 1.807) is 0 Å². The molecule has 0 aliphatic rings. The van der Waals surface area contributed by atoms with Crippen molar-refractivity contribution in [3.63, 3.8) is 0 Å². The Labute approximate surface area is 230 Å². The molecule has 0 aliphatic carbocycles. The van der Waals surface area contributed by atoms with Crippen molar-refractivity contribution >= 4 is 14.2 Å². The number of carbonyl (C=O) groups is 1. The highest BCUT2D eigenvalue weighted by Crippen LogP contribution is 2.36. The molecular formula is C31H58N2O3Si. The maximum atomic E-state index is 13.2. The van der Waals surface area contributed by atoms with Gasteiger partial charge in [-0.05, 0) is 62.8 Å². The molecule has 0 unspecified atom stereocenters. The molecule has 0 heterocycles. The van der Waals surface area contributed by atoms with Crippen LogP contribution in [-0.4, -0.2) is 71.0 Å². The Kier molecular flexibility index (Phi) is 16.4. The molecule has 0 bridgehead atoms. The molecule has 0 saturated carbocycles. The minimum Gasteiger partial charge on any atom is -0.494 e.